The number of nitrogens with zero attached hydrogens (tertiary/aromatic N) is 1. The molecule has 124 valence electrons. The van der Waals surface area contributed by atoms with Gasteiger partial charge in [0.15, 0.2) is 0 Å². The van der Waals surface area contributed by atoms with E-state index in [4.69, 9.17) is 0 Å². The van der Waals surface area contributed by atoms with Gasteiger partial charge in [-0.2, -0.15) is 11.8 Å². The van der Waals surface area contributed by atoms with Crippen LogP contribution in [0.3, 0.4) is 0 Å². The van der Waals surface area contributed by atoms with Gasteiger partial charge in [-0.25, -0.2) is 0 Å². The molecule has 0 radical (unpaired) electrons. The zero-order chi connectivity index (χ0) is 16.9. The third-order valence-electron chi connectivity index (χ3n) is 3.69. The summed E-state index contributed by atoms with van der Waals surface area (Å²) in [5, 5.41) is 6.05. The summed E-state index contributed by atoms with van der Waals surface area (Å²) in [5.41, 5.74) is 3.58. The molecule has 0 atom stereocenters. The van der Waals surface area contributed by atoms with E-state index in [2.05, 4.69) is 27.8 Å². The van der Waals surface area contributed by atoms with E-state index in [9.17, 15) is 4.79 Å². The molecule has 0 spiro atoms. The Balaban J connectivity index is 1.62. The standard InChI is InChI=1S/C19H20N2OS2/c1-13-5-6-18-16(10-13)17(11-14(2)21-18)19(22)20-7-9-23-12-15-4-3-8-24-15/h3-6,8,10-11H,7,9,12H2,1-2H3,(H,20,22). The minimum absolute atomic E-state index is 0.0205. The Kier molecular flexibility index (Phi) is 5.53. The van der Waals surface area contributed by atoms with Crippen LogP contribution in [0.4, 0.5) is 0 Å². The predicted molar refractivity (Wildman–Crippen MR) is 104 cm³/mol. The van der Waals surface area contributed by atoms with E-state index in [-0.39, 0.29) is 5.91 Å². The number of aryl methyl sites for hydroxylation is 2. The van der Waals surface area contributed by atoms with Gasteiger partial charge in [0.25, 0.3) is 5.91 Å². The second-order valence-corrected chi connectivity index (χ2v) is 7.86. The van der Waals surface area contributed by atoms with Crippen LogP contribution in [-0.4, -0.2) is 23.2 Å². The van der Waals surface area contributed by atoms with Crippen LogP contribution in [0.25, 0.3) is 10.9 Å². The second kappa shape index (κ2) is 7.81. The summed E-state index contributed by atoms with van der Waals surface area (Å²) < 4.78 is 0. The van der Waals surface area contributed by atoms with Crippen LogP contribution in [0, 0.1) is 13.8 Å². The van der Waals surface area contributed by atoms with E-state index in [1.807, 2.05) is 49.9 Å². The largest absolute Gasteiger partial charge is 0.351 e. The molecule has 0 aliphatic rings. The van der Waals surface area contributed by atoms with Crippen molar-refractivity contribution in [2.24, 2.45) is 0 Å². The van der Waals surface area contributed by atoms with E-state index in [0.29, 0.717) is 12.1 Å². The van der Waals surface area contributed by atoms with E-state index >= 15 is 0 Å². The van der Waals surface area contributed by atoms with Gasteiger partial charge in [-0.3, -0.25) is 9.78 Å². The number of thioether (sulfide) groups is 1. The summed E-state index contributed by atoms with van der Waals surface area (Å²) in [4.78, 5) is 18.5. The van der Waals surface area contributed by atoms with Crippen molar-refractivity contribution in [2.75, 3.05) is 12.3 Å². The van der Waals surface area contributed by atoms with Crippen molar-refractivity contribution in [1.82, 2.24) is 10.3 Å². The Bertz CT molecular complexity index is 844. The summed E-state index contributed by atoms with van der Waals surface area (Å²) in [6.07, 6.45) is 0. The number of nitrogens with one attached hydrogen (secondary N) is 1. The molecule has 5 heteroatoms. The fraction of sp³-hybridized carbons (Fsp3) is 0.263. The minimum Gasteiger partial charge on any atom is -0.351 e. The molecular weight excluding hydrogens is 336 g/mol. The van der Waals surface area contributed by atoms with Gasteiger partial charge < -0.3 is 5.32 Å². The van der Waals surface area contributed by atoms with Crippen LogP contribution in [-0.2, 0) is 5.75 Å². The van der Waals surface area contributed by atoms with Gasteiger partial charge in [0.2, 0.25) is 0 Å². The van der Waals surface area contributed by atoms with Gasteiger partial charge in [0.05, 0.1) is 11.1 Å². The maximum Gasteiger partial charge on any atom is 0.252 e. The van der Waals surface area contributed by atoms with Gasteiger partial charge >= 0.3 is 0 Å². The second-order valence-electron chi connectivity index (χ2n) is 5.72. The number of carbonyl (C=O) groups is 1. The van der Waals surface area contributed by atoms with Crippen LogP contribution in [0.2, 0.25) is 0 Å². The summed E-state index contributed by atoms with van der Waals surface area (Å²) in [6, 6.07) is 12.1. The fourth-order valence-electron chi connectivity index (χ4n) is 2.56. The Morgan fingerprint density at radius 3 is 2.92 bits per heavy atom. The minimum atomic E-state index is -0.0205. The Hall–Kier alpha value is -1.85. The first kappa shape index (κ1) is 17.0. The van der Waals surface area contributed by atoms with Crippen LogP contribution in [0.1, 0.15) is 26.5 Å². The van der Waals surface area contributed by atoms with Crippen LogP contribution in [0.15, 0.2) is 41.8 Å². The molecule has 0 saturated heterocycles. The number of rotatable bonds is 6. The molecule has 0 aliphatic heterocycles. The molecule has 1 N–H and O–H groups in total. The van der Waals surface area contributed by atoms with Crippen molar-refractivity contribution in [3.63, 3.8) is 0 Å². The third-order valence-corrected chi connectivity index (χ3v) is 5.76. The first-order valence-corrected chi connectivity index (χ1v) is 9.93. The van der Waals surface area contributed by atoms with Crippen LogP contribution in [0.5, 0.6) is 0 Å². The number of fused-ring (bicyclic) bond motifs is 1. The van der Waals surface area contributed by atoms with Crippen molar-refractivity contribution >= 4 is 39.9 Å². The molecule has 2 aromatic heterocycles. The molecule has 1 aromatic carbocycles. The first-order chi connectivity index (χ1) is 11.6. The zero-order valence-corrected chi connectivity index (χ0v) is 15.5. The molecule has 0 aliphatic carbocycles. The zero-order valence-electron chi connectivity index (χ0n) is 13.8. The van der Waals surface area contributed by atoms with Gasteiger partial charge in [-0.05, 0) is 43.5 Å². The molecule has 2 heterocycles. The third kappa shape index (κ3) is 4.16. The molecular formula is C19H20N2OS2. The highest BCUT2D eigenvalue weighted by molar-refractivity contribution is 7.98. The maximum absolute atomic E-state index is 12.6. The lowest BCUT2D eigenvalue weighted by Gasteiger charge is -2.09. The molecule has 24 heavy (non-hydrogen) atoms. The average molecular weight is 357 g/mol. The Morgan fingerprint density at radius 1 is 1.25 bits per heavy atom. The smallest absolute Gasteiger partial charge is 0.252 e. The van der Waals surface area contributed by atoms with Crippen molar-refractivity contribution in [1.29, 1.82) is 0 Å². The highest BCUT2D eigenvalue weighted by atomic mass is 32.2. The van der Waals surface area contributed by atoms with Crippen molar-refractivity contribution < 1.29 is 4.79 Å². The topological polar surface area (TPSA) is 42.0 Å². The lowest BCUT2D eigenvalue weighted by molar-refractivity contribution is 0.0957. The van der Waals surface area contributed by atoms with Gasteiger partial charge in [0.1, 0.15) is 0 Å². The van der Waals surface area contributed by atoms with Gasteiger partial charge in [0, 0.05) is 34.0 Å². The number of amides is 1. The SMILES string of the molecule is Cc1ccc2nc(C)cc(C(=O)NCCSCc3cccs3)c2c1. The normalized spacial score (nSPS) is 10.9. The number of carbonyl (C=O) groups excluding carboxylic acids is 1. The quantitative estimate of drug-likeness (QED) is 0.658. The van der Waals surface area contributed by atoms with Crippen molar-refractivity contribution in [3.8, 4) is 0 Å². The number of pyridine rings is 1. The van der Waals surface area contributed by atoms with Gasteiger partial charge in [-0.15, -0.1) is 11.3 Å². The molecule has 1 amide bonds. The Labute approximate surface area is 150 Å². The fourth-order valence-corrected chi connectivity index (χ4v) is 4.26. The number of benzene rings is 1. The maximum atomic E-state index is 12.6. The molecule has 0 fully saturated rings. The summed E-state index contributed by atoms with van der Waals surface area (Å²) in [5.74, 6) is 1.89. The van der Waals surface area contributed by atoms with Crippen LogP contribution < -0.4 is 5.32 Å². The molecule has 0 unspecified atom stereocenters. The number of aromatic nitrogens is 1. The van der Waals surface area contributed by atoms with Gasteiger partial charge in [-0.1, -0.05) is 17.7 Å². The lowest BCUT2D eigenvalue weighted by atomic mass is 10.0. The Morgan fingerprint density at radius 2 is 2.12 bits per heavy atom. The summed E-state index contributed by atoms with van der Waals surface area (Å²) in [6.45, 7) is 4.62. The summed E-state index contributed by atoms with van der Waals surface area (Å²) >= 11 is 3.61. The predicted octanol–water partition coefficient (Wildman–Crippen LogP) is 4.58. The lowest BCUT2D eigenvalue weighted by Crippen LogP contribution is -2.26. The number of hydrogen-bond donors (Lipinski definition) is 1. The average Bonchev–Trinajstić information content (AvgIpc) is 3.07. The monoisotopic (exact) mass is 356 g/mol. The van der Waals surface area contributed by atoms with Crippen molar-refractivity contribution in [3.05, 3.63) is 63.5 Å². The highest BCUT2D eigenvalue weighted by Gasteiger charge is 2.11. The summed E-state index contributed by atoms with van der Waals surface area (Å²) in [7, 11) is 0. The molecule has 0 saturated carbocycles. The molecule has 0 bridgehead atoms. The van der Waals surface area contributed by atoms with Crippen molar-refractivity contribution in [2.45, 2.75) is 19.6 Å². The molecule has 3 rings (SSSR count). The van der Waals surface area contributed by atoms with E-state index in [1.54, 1.807) is 11.3 Å². The molecule has 3 nitrogen and oxygen atoms in total. The van der Waals surface area contributed by atoms with E-state index in [1.165, 1.54) is 4.88 Å². The first-order valence-electron chi connectivity index (χ1n) is 7.90. The number of hydrogen-bond acceptors (Lipinski definition) is 4. The van der Waals surface area contributed by atoms with E-state index < -0.39 is 0 Å². The van der Waals surface area contributed by atoms with E-state index in [0.717, 1.165) is 33.7 Å². The number of thiophene rings is 1. The van der Waals surface area contributed by atoms with Crippen LogP contribution >= 0.6 is 23.1 Å². The molecule has 3 aromatic rings. The highest BCUT2D eigenvalue weighted by Crippen LogP contribution is 2.20.